The topological polar surface area (TPSA) is 97.8 Å². The second-order valence-electron chi connectivity index (χ2n) is 7.76. The van der Waals surface area contributed by atoms with E-state index in [1.54, 1.807) is 0 Å². The van der Waals surface area contributed by atoms with Gasteiger partial charge in [0.1, 0.15) is 0 Å². The fraction of sp³-hybridized carbons (Fsp3) is 0.292. The third-order valence-electron chi connectivity index (χ3n) is 4.81. The van der Waals surface area contributed by atoms with E-state index in [1.807, 2.05) is 18.2 Å². The van der Waals surface area contributed by atoms with Gasteiger partial charge in [-0.3, -0.25) is 4.98 Å². The molecule has 3 N–H and O–H groups in total. The van der Waals surface area contributed by atoms with Gasteiger partial charge >= 0.3 is 5.97 Å². The lowest BCUT2D eigenvalue weighted by Gasteiger charge is -2.18. The summed E-state index contributed by atoms with van der Waals surface area (Å²) < 4.78 is 0. The average molecular weight is 478 g/mol. The van der Waals surface area contributed by atoms with Crippen molar-refractivity contribution in [1.29, 1.82) is 0 Å². The number of oxime groups is 1. The number of rotatable bonds is 8. The fourth-order valence-corrected chi connectivity index (χ4v) is 3.47. The maximum atomic E-state index is 10.6. The Labute approximate surface area is 200 Å². The maximum absolute atomic E-state index is 10.6. The Balaban J connectivity index is 0.00000256. The maximum Gasteiger partial charge on any atom is 0.344 e. The Morgan fingerprint density at radius 3 is 2.47 bits per heavy atom. The van der Waals surface area contributed by atoms with E-state index in [0.29, 0.717) is 12.5 Å². The van der Waals surface area contributed by atoms with E-state index in [2.05, 4.69) is 50.2 Å². The molecule has 0 spiro atoms. The molecule has 0 fully saturated rings. The van der Waals surface area contributed by atoms with Gasteiger partial charge in [-0.25, -0.2) is 4.79 Å². The summed E-state index contributed by atoms with van der Waals surface area (Å²) in [6, 6.07) is 14.2. The number of hydrogen-bond acceptors (Lipinski definition) is 5. The van der Waals surface area contributed by atoms with Gasteiger partial charge in [0.2, 0.25) is 6.61 Å². The lowest BCUT2D eigenvalue weighted by atomic mass is 9.90. The number of fused-ring (bicyclic) bond motifs is 1. The number of benzene rings is 2. The van der Waals surface area contributed by atoms with E-state index >= 15 is 0 Å². The summed E-state index contributed by atoms with van der Waals surface area (Å²) in [5.74, 6) is -0.606. The molecule has 0 saturated carbocycles. The number of nitrogens with two attached hydrogens (primary N) is 1. The highest BCUT2D eigenvalue weighted by Gasteiger charge is 2.17. The first-order chi connectivity index (χ1) is 14.4. The van der Waals surface area contributed by atoms with Crippen LogP contribution in [-0.4, -0.2) is 28.9 Å². The Bertz CT molecular complexity index is 1080. The van der Waals surface area contributed by atoms with E-state index < -0.39 is 12.6 Å². The van der Waals surface area contributed by atoms with E-state index in [4.69, 9.17) is 20.7 Å². The molecule has 0 radical (unpaired) electrons. The molecule has 0 amide bonds. The summed E-state index contributed by atoms with van der Waals surface area (Å²) in [5, 5.41) is 13.4. The molecule has 6 nitrogen and oxygen atoms in total. The van der Waals surface area contributed by atoms with Crippen LogP contribution < -0.4 is 5.73 Å². The van der Waals surface area contributed by atoms with E-state index in [9.17, 15) is 4.79 Å². The number of pyridine rings is 1. The quantitative estimate of drug-likeness (QED) is 0.345. The fourth-order valence-electron chi connectivity index (χ4n) is 3.47. The number of hydrogen-bond donors (Lipinski definition) is 2. The molecule has 1 aromatic heterocycles. The molecule has 0 saturated heterocycles. The molecule has 3 rings (SSSR count). The van der Waals surface area contributed by atoms with Crippen LogP contribution in [0, 0.1) is 12.8 Å². The predicted octanol–water partition coefficient (Wildman–Crippen LogP) is 5.15. The number of aryl methyl sites for hydroxylation is 1. The van der Waals surface area contributed by atoms with Gasteiger partial charge in [-0.05, 0) is 53.6 Å². The lowest BCUT2D eigenvalue weighted by Crippen LogP contribution is -2.10. The molecule has 0 atom stereocenters. The monoisotopic (exact) mass is 477 g/mol. The Kier molecular flexibility index (Phi) is 10.6. The minimum absolute atomic E-state index is 0. The zero-order chi connectivity index (χ0) is 21.7. The van der Waals surface area contributed by atoms with Crippen molar-refractivity contribution >= 4 is 47.9 Å². The summed E-state index contributed by atoms with van der Waals surface area (Å²) in [6.07, 6.45) is 2.36. The third kappa shape index (κ3) is 6.66. The molecule has 8 heteroatoms. The second kappa shape index (κ2) is 12.4. The van der Waals surface area contributed by atoms with Gasteiger partial charge in [0.15, 0.2) is 0 Å². The summed E-state index contributed by atoms with van der Waals surface area (Å²) in [5.41, 5.74) is 13.3. The van der Waals surface area contributed by atoms with Crippen LogP contribution in [0.3, 0.4) is 0 Å². The third-order valence-corrected chi connectivity index (χ3v) is 4.81. The van der Waals surface area contributed by atoms with Gasteiger partial charge in [0.05, 0.1) is 11.7 Å². The number of carboxylic acid groups (broad SMARTS) is 1. The number of aromatic nitrogens is 1. The van der Waals surface area contributed by atoms with Crippen molar-refractivity contribution in [2.75, 3.05) is 6.61 Å². The smallest absolute Gasteiger partial charge is 0.344 e. The van der Waals surface area contributed by atoms with Crippen molar-refractivity contribution in [3.05, 3.63) is 64.8 Å². The van der Waals surface area contributed by atoms with Gasteiger partial charge in [-0.15, -0.1) is 24.8 Å². The summed E-state index contributed by atoms with van der Waals surface area (Å²) in [6.45, 7) is 6.33. The molecule has 0 bridgehead atoms. The number of nitrogens with zero attached hydrogens (tertiary/aromatic N) is 2. The molecule has 0 aliphatic carbocycles. The second-order valence-corrected chi connectivity index (χ2v) is 7.76. The zero-order valence-corrected chi connectivity index (χ0v) is 20.0. The number of carboxylic acids is 1. The van der Waals surface area contributed by atoms with Crippen LogP contribution in [0.2, 0.25) is 0 Å². The van der Waals surface area contributed by atoms with Gasteiger partial charge in [0.25, 0.3) is 0 Å². The minimum Gasteiger partial charge on any atom is -0.479 e. The summed E-state index contributed by atoms with van der Waals surface area (Å²) in [7, 11) is 0. The van der Waals surface area contributed by atoms with Crippen molar-refractivity contribution in [1.82, 2.24) is 4.98 Å². The SMILES string of the molecule is Cc1ccc(-c2c(CN)c(CC(C)C)nc3ccc(C=NOCC(=O)O)cc23)cc1.Cl.Cl. The molecule has 32 heavy (non-hydrogen) atoms. The first-order valence-corrected chi connectivity index (χ1v) is 9.98. The van der Waals surface area contributed by atoms with Crippen LogP contribution in [0.1, 0.15) is 36.2 Å². The summed E-state index contributed by atoms with van der Waals surface area (Å²) in [4.78, 5) is 20.3. The van der Waals surface area contributed by atoms with Crippen LogP contribution >= 0.6 is 24.8 Å². The molecule has 172 valence electrons. The van der Waals surface area contributed by atoms with Crippen LogP contribution in [0.5, 0.6) is 0 Å². The predicted molar refractivity (Wildman–Crippen MR) is 134 cm³/mol. The number of carbonyl (C=O) groups is 1. The zero-order valence-electron chi connectivity index (χ0n) is 18.4. The van der Waals surface area contributed by atoms with E-state index in [-0.39, 0.29) is 24.8 Å². The first kappa shape index (κ1) is 27.4. The average Bonchev–Trinajstić information content (AvgIpc) is 2.70. The Morgan fingerprint density at radius 1 is 1.19 bits per heavy atom. The van der Waals surface area contributed by atoms with E-state index in [0.717, 1.165) is 45.3 Å². The molecule has 3 aromatic rings. The molecule has 2 aromatic carbocycles. The Morgan fingerprint density at radius 2 is 1.88 bits per heavy atom. The Hall–Kier alpha value is -2.67. The highest BCUT2D eigenvalue weighted by molar-refractivity contribution is 5.99. The minimum atomic E-state index is -1.07. The first-order valence-electron chi connectivity index (χ1n) is 9.98. The number of aliphatic carboxylic acids is 1. The highest BCUT2D eigenvalue weighted by Crippen LogP contribution is 2.34. The lowest BCUT2D eigenvalue weighted by molar-refractivity contribution is -0.142. The van der Waals surface area contributed by atoms with Crippen molar-refractivity contribution in [2.24, 2.45) is 16.8 Å². The van der Waals surface area contributed by atoms with Crippen LogP contribution in [0.15, 0.2) is 47.6 Å². The van der Waals surface area contributed by atoms with Gasteiger partial charge < -0.3 is 15.7 Å². The van der Waals surface area contributed by atoms with Gasteiger partial charge in [-0.2, -0.15) is 0 Å². The molecule has 1 heterocycles. The molecule has 0 aliphatic rings. The standard InChI is InChI=1S/C24H27N3O3.2ClH/c1-15(2)10-22-20(12-25)24(18-7-4-16(3)5-8-18)19-11-17(6-9-21(19)27-22)13-26-30-14-23(28)29;;/h4-9,11,13,15H,10,12,14,25H2,1-3H3,(H,28,29);2*1H. The number of halogens is 2. The van der Waals surface area contributed by atoms with Crippen molar-refractivity contribution in [2.45, 2.75) is 33.7 Å². The van der Waals surface area contributed by atoms with Crippen LogP contribution in [0.25, 0.3) is 22.0 Å². The van der Waals surface area contributed by atoms with Crippen LogP contribution in [-0.2, 0) is 22.6 Å². The molecule has 0 aliphatic heterocycles. The highest BCUT2D eigenvalue weighted by atomic mass is 35.5. The van der Waals surface area contributed by atoms with Gasteiger partial charge in [0, 0.05) is 17.6 Å². The van der Waals surface area contributed by atoms with Crippen LogP contribution in [0.4, 0.5) is 0 Å². The molecular formula is C24H29Cl2N3O3. The van der Waals surface area contributed by atoms with E-state index in [1.165, 1.54) is 11.8 Å². The molecule has 0 unspecified atom stereocenters. The largest absolute Gasteiger partial charge is 0.479 e. The normalized spacial score (nSPS) is 10.8. The molecular weight excluding hydrogens is 449 g/mol. The van der Waals surface area contributed by atoms with Crippen molar-refractivity contribution in [3.63, 3.8) is 0 Å². The van der Waals surface area contributed by atoms with Gasteiger partial charge in [-0.1, -0.05) is 54.9 Å². The summed E-state index contributed by atoms with van der Waals surface area (Å²) >= 11 is 0. The van der Waals surface area contributed by atoms with Crippen molar-refractivity contribution < 1.29 is 14.7 Å². The van der Waals surface area contributed by atoms with Crippen molar-refractivity contribution in [3.8, 4) is 11.1 Å².